The van der Waals surface area contributed by atoms with Crippen molar-refractivity contribution < 1.29 is 9.53 Å². The minimum Gasteiger partial charge on any atom is -0.465 e. The summed E-state index contributed by atoms with van der Waals surface area (Å²) in [6.45, 7) is 0. The Hall–Kier alpha value is -3.81. The molecular weight excluding hydrogens is 334 g/mol. The van der Waals surface area contributed by atoms with E-state index in [2.05, 4.69) is 15.4 Å². The molecule has 0 atom stereocenters. The van der Waals surface area contributed by atoms with Gasteiger partial charge in [-0.15, -0.1) is 5.10 Å². The number of nitrogens with zero attached hydrogens (tertiary/aromatic N) is 5. The van der Waals surface area contributed by atoms with Crippen LogP contribution in [0.1, 0.15) is 10.4 Å². The first-order chi connectivity index (χ1) is 12.7. The standard InChI is InChI=1S/C18H13N5O3/c1-26-18(25)14-11-19-22(12-7-3-2-4-8-12)16(14)23-17(24)13-9-5-6-10-15(13)20-21-23/h2-11H,1H3. The topological polar surface area (TPSA) is 91.9 Å². The van der Waals surface area contributed by atoms with Gasteiger partial charge in [-0.1, -0.05) is 35.5 Å². The Balaban J connectivity index is 2.04. The molecule has 0 saturated heterocycles. The Morgan fingerprint density at radius 2 is 1.73 bits per heavy atom. The largest absolute Gasteiger partial charge is 0.465 e. The number of hydrogen-bond donors (Lipinski definition) is 0. The van der Waals surface area contributed by atoms with Gasteiger partial charge in [0.15, 0.2) is 5.82 Å². The first-order valence-electron chi connectivity index (χ1n) is 7.77. The van der Waals surface area contributed by atoms with E-state index < -0.39 is 11.5 Å². The van der Waals surface area contributed by atoms with E-state index in [1.54, 1.807) is 36.4 Å². The van der Waals surface area contributed by atoms with Gasteiger partial charge in [-0.2, -0.15) is 9.78 Å². The van der Waals surface area contributed by atoms with Gasteiger partial charge in [-0.25, -0.2) is 9.48 Å². The van der Waals surface area contributed by atoms with E-state index in [1.165, 1.54) is 18.0 Å². The van der Waals surface area contributed by atoms with Crippen molar-refractivity contribution in [3.05, 3.63) is 76.7 Å². The molecule has 0 saturated carbocycles. The summed E-state index contributed by atoms with van der Waals surface area (Å²) in [4.78, 5) is 25.1. The number of para-hydroxylation sites is 1. The van der Waals surface area contributed by atoms with Crippen LogP contribution in [0, 0.1) is 0 Å². The molecule has 4 aromatic rings. The molecule has 0 fully saturated rings. The van der Waals surface area contributed by atoms with Crippen molar-refractivity contribution in [2.75, 3.05) is 7.11 Å². The maximum Gasteiger partial charge on any atom is 0.343 e. The van der Waals surface area contributed by atoms with Crippen LogP contribution < -0.4 is 5.56 Å². The van der Waals surface area contributed by atoms with Crippen LogP contribution in [0.2, 0.25) is 0 Å². The maximum absolute atomic E-state index is 12.9. The average molecular weight is 347 g/mol. The molecule has 0 bridgehead atoms. The van der Waals surface area contributed by atoms with Crippen LogP contribution in [0.25, 0.3) is 22.4 Å². The fourth-order valence-corrected chi connectivity index (χ4v) is 2.69. The van der Waals surface area contributed by atoms with Crippen LogP contribution in [0.3, 0.4) is 0 Å². The predicted molar refractivity (Wildman–Crippen MR) is 93.6 cm³/mol. The van der Waals surface area contributed by atoms with Crippen molar-refractivity contribution in [3.63, 3.8) is 0 Å². The first-order valence-corrected chi connectivity index (χ1v) is 7.77. The number of carbonyl (C=O) groups excluding carboxylic acids is 1. The minimum atomic E-state index is -0.621. The number of aromatic nitrogens is 5. The number of fused-ring (bicyclic) bond motifs is 1. The third kappa shape index (κ3) is 2.44. The molecule has 8 heteroatoms. The molecule has 0 aliphatic carbocycles. The molecule has 0 spiro atoms. The van der Waals surface area contributed by atoms with E-state index in [1.807, 2.05) is 18.2 Å². The van der Waals surface area contributed by atoms with E-state index in [-0.39, 0.29) is 11.4 Å². The number of esters is 1. The second kappa shape index (κ2) is 6.25. The monoisotopic (exact) mass is 347 g/mol. The highest BCUT2D eigenvalue weighted by molar-refractivity contribution is 5.93. The van der Waals surface area contributed by atoms with Crippen LogP contribution >= 0.6 is 0 Å². The lowest BCUT2D eigenvalue weighted by molar-refractivity contribution is 0.0600. The summed E-state index contributed by atoms with van der Waals surface area (Å²) in [6, 6.07) is 16.0. The molecule has 0 aliphatic heterocycles. The number of rotatable bonds is 3. The maximum atomic E-state index is 12.9. The van der Waals surface area contributed by atoms with Gasteiger partial charge in [0.05, 0.1) is 24.4 Å². The van der Waals surface area contributed by atoms with E-state index >= 15 is 0 Å². The third-order valence-electron chi connectivity index (χ3n) is 3.92. The van der Waals surface area contributed by atoms with Gasteiger partial charge in [-0.3, -0.25) is 4.79 Å². The highest BCUT2D eigenvalue weighted by Crippen LogP contribution is 2.19. The van der Waals surface area contributed by atoms with Crippen LogP contribution in [-0.2, 0) is 4.74 Å². The second-order valence-corrected chi connectivity index (χ2v) is 5.44. The lowest BCUT2D eigenvalue weighted by Crippen LogP contribution is -2.26. The summed E-state index contributed by atoms with van der Waals surface area (Å²) in [6.07, 6.45) is 1.34. The number of hydrogen-bond acceptors (Lipinski definition) is 6. The van der Waals surface area contributed by atoms with Gasteiger partial charge in [0.25, 0.3) is 5.56 Å². The number of ether oxygens (including phenoxy) is 1. The molecule has 26 heavy (non-hydrogen) atoms. The molecule has 0 radical (unpaired) electrons. The zero-order chi connectivity index (χ0) is 18.1. The quantitative estimate of drug-likeness (QED) is 0.524. The van der Waals surface area contributed by atoms with Crippen LogP contribution in [0.15, 0.2) is 65.6 Å². The lowest BCUT2D eigenvalue weighted by Gasteiger charge is -2.10. The molecule has 0 aliphatic rings. The minimum absolute atomic E-state index is 0.114. The van der Waals surface area contributed by atoms with Crippen molar-refractivity contribution in [2.45, 2.75) is 0 Å². The molecule has 2 aromatic heterocycles. The Labute approximate surface area is 147 Å². The second-order valence-electron chi connectivity index (χ2n) is 5.44. The normalized spacial score (nSPS) is 10.8. The van der Waals surface area contributed by atoms with Gasteiger partial charge < -0.3 is 4.74 Å². The summed E-state index contributed by atoms with van der Waals surface area (Å²) in [7, 11) is 1.26. The smallest absolute Gasteiger partial charge is 0.343 e. The predicted octanol–water partition coefficient (Wildman–Crippen LogP) is 1.75. The van der Waals surface area contributed by atoms with E-state index in [0.29, 0.717) is 16.6 Å². The van der Waals surface area contributed by atoms with Gasteiger partial charge in [0, 0.05) is 0 Å². The molecule has 2 heterocycles. The van der Waals surface area contributed by atoms with Crippen molar-refractivity contribution in [3.8, 4) is 11.5 Å². The van der Waals surface area contributed by atoms with E-state index in [9.17, 15) is 9.59 Å². The highest BCUT2D eigenvalue weighted by Gasteiger charge is 2.23. The molecule has 128 valence electrons. The Kier molecular flexibility index (Phi) is 3.77. The summed E-state index contributed by atoms with van der Waals surface area (Å²) < 4.78 is 7.34. The fourth-order valence-electron chi connectivity index (χ4n) is 2.69. The molecule has 4 rings (SSSR count). The Morgan fingerprint density at radius 1 is 1.00 bits per heavy atom. The molecular formula is C18H13N5O3. The average Bonchev–Trinajstić information content (AvgIpc) is 3.13. The van der Waals surface area contributed by atoms with Crippen LogP contribution in [0.5, 0.6) is 0 Å². The van der Waals surface area contributed by atoms with E-state index in [4.69, 9.17) is 4.74 Å². The summed E-state index contributed by atoms with van der Waals surface area (Å²) >= 11 is 0. The highest BCUT2D eigenvalue weighted by atomic mass is 16.5. The first kappa shape index (κ1) is 15.7. The van der Waals surface area contributed by atoms with Crippen molar-refractivity contribution in [1.82, 2.24) is 24.8 Å². The SMILES string of the molecule is COC(=O)c1cnn(-c2ccccc2)c1-n1nnc2ccccc2c1=O. The molecule has 0 unspecified atom stereocenters. The number of carbonyl (C=O) groups is 1. The van der Waals surface area contributed by atoms with Crippen molar-refractivity contribution in [1.29, 1.82) is 0 Å². The third-order valence-corrected chi connectivity index (χ3v) is 3.92. The molecule has 8 nitrogen and oxygen atoms in total. The summed E-state index contributed by atoms with van der Waals surface area (Å²) in [5.41, 5.74) is 0.847. The zero-order valence-electron chi connectivity index (χ0n) is 13.7. The van der Waals surface area contributed by atoms with Crippen molar-refractivity contribution in [2.24, 2.45) is 0 Å². The van der Waals surface area contributed by atoms with Crippen LogP contribution in [0.4, 0.5) is 0 Å². The van der Waals surface area contributed by atoms with Crippen molar-refractivity contribution >= 4 is 16.9 Å². The molecule has 2 aromatic carbocycles. The molecule has 0 N–H and O–H groups in total. The van der Waals surface area contributed by atoms with Gasteiger partial charge in [0.1, 0.15) is 11.1 Å². The Bertz CT molecular complexity index is 1160. The van der Waals surface area contributed by atoms with Gasteiger partial charge in [-0.05, 0) is 24.3 Å². The van der Waals surface area contributed by atoms with E-state index in [0.717, 1.165) is 4.68 Å². The number of benzene rings is 2. The fraction of sp³-hybridized carbons (Fsp3) is 0.0556. The zero-order valence-corrected chi connectivity index (χ0v) is 13.7. The summed E-state index contributed by atoms with van der Waals surface area (Å²) in [5, 5.41) is 12.7. The molecule has 0 amide bonds. The summed E-state index contributed by atoms with van der Waals surface area (Å²) in [5.74, 6) is -0.449. The number of methoxy groups -OCH3 is 1. The van der Waals surface area contributed by atoms with Crippen LogP contribution in [-0.4, -0.2) is 37.9 Å². The lowest BCUT2D eigenvalue weighted by atomic mass is 10.2. The van der Waals surface area contributed by atoms with Gasteiger partial charge in [0.2, 0.25) is 0 Å². The van der Waals surface area contributed by atoms with Gasteiger partial charge >= 0.3 is 5.97 Å². The Morgan fingerprint density at radius 3 is 2.50 bits per heavy atom.